The number of hydrogen-bond acceptors (Lipinski definition) is 4. The van der Waals surface area contributed by atoms with Gasteiger partial charge in [0.1, 0.15) is 18.0 Å². The first-order valence-corrected chi connectivity index (χ1v) is 6.21. The van der Waals surface area contributed by atoms with Crippen LogP contribution in [0.1, 0.15) is 29.4 Å². The number of rotatable bonds is 5. The van der Waals surface area contributed by atoms with Crippen LogP contribution in [0.5, 0.6) is 0 Å². The van der Waals surface area contributed by atoms with E-state index in [-0.39, 0.29) is 11.3 Å². The highest BCUT2D eigenvalue weighted by atomic mass is 19.1. The zero-order valence-corrected chi connectivity index (χ0v) is 10.9. The molecule has 0 saturated heterocycles. The van der Waals surface area contributed by atoms with E-state index in [9.17, 15) is 9.18 Å². The summed E-state index contributed by atoms with van der Waals surface area (Å²) in [6, 6.07) is 5.43. The predicted octanol–water partition coefficient (Wildman–Crippen LogP) is 3.01. The first-order valence-electron chi connectivity index (χ1n) is 6.21. The van der Waals surface area contributed by atoms with Crippen molar-refractivity contribution in [3.63, 3.8) is 0 Å². The molecule has 0 saturated carbocycles. The maximum atomic E-state index is 13.8. The van der Waals surface area contributed by atoms with Crippen LogP contribution >= 0.6 is 0 Å². The van der Waals surface area contributed by atoms with Crippen LogP contribution in [-0.2, 0) is 6.42 Å². The number of benzene rings is 1. The number of aromatic nitrogens is 2. The SMILES string of the molecule is CCCc1cc(Nc2ccc(C(=O)O)cc2F)ncn1. The second-order valence-corrected chi connectivity index (χ2v) is 4.27. The van der Waals surface area contributed by atoms with Gasteiger partial charge in [-0.25, -0.2) is 19.2 Å². The lowest BCUT2D eigenvalue weighted by atomic mass is 10.2. The van der Waals surface area contributed by atoms with E-state index in [0.717, 1.165) is 24.6 Å². The molecule has 1 aromatic carbocycles. The molecule has 0 fully saturated rings. The molecule has 0 radical (unpaired) electrons. The van der Waals surface area contributed by atoms with Gasteiger partial charge in [-0.1, -0.05) is 13.3 Å². The summed E-state index contributed by atoms with van der Waals surface area (Å²) in [4.78, 5) is 18.8. The molecule has 20 heavy (non-hydrogen) atoms. The maximum absolute atomic E-state index is 13.8. The molecule has 0 spiro atoms. The summed E-state index contributed by atoms with van der Waals surface area (Å²) in [5.74, 6) is -1.33. The van der Waals surface area contributed by atoms with E-state index < -0.39 is 11.8 Å². The Balaban J connectivity index is 2.21. The number of anilines is 2. The molecule has 2 N–H and O–H groups in total. The molecule has 0 unspecified atom stereocenters. The zero-order valence-electron chi connectivity index (χ0n) is 10.9. The highest BCUT2D eigenvalue weighted by molar-refractivity contribution is 5.88. The van der Waals surface area contributed by atoms with E-state index in [4.69, 9.17) is 5.11 Å². The Morgan fingerprint density at radius 3 is 2.80 bits per heavy atom. The topological polar surface area (TPSA) is 75.1 Å². The monoisotopic (exact) mass is 275 g/mol. The fraction of sp³-hybridized carbons (Fsp3) is 0.214. The molecule has 1 aromatic heterocycles. The van der Waals surface area contributed by atoms with Gasteiger partial charge in [0.15, 0.2) is 0 Å². The van der Waals surface area contributed by atoms with Gasteiger partial charge in [0.25, 0.3) is 0 Å². The van der Waals surface area contributed by atoms with Crippen LogP contribution in [-0.4, -0.2) is 21.0 Å². The summed E-state index contributed by atoms with van der Waals surface area (Å²) in [5.41, 5.74) is 0.950. The molecular formula is C14H14FN3O2. The average molecular weight is 275 g/mol. The van der Waals surface area contributed by atoms with Crippen LogP contribution < -0.4 is 5.32 Å². The number of carboxylic acid groups (broad SMARTS) is 1. The summed E-state index contributed by atoms with van der Waals surface area (Å²) in [6.45, 7) is 2.04. The summed E-state index contributed by atoms with van der Waals surface area (Å²) < 4.78 is 13.8. The summed E-state index contributed by atoms with van der Waals surface area (Å²) >= 11 is 0. The Kier molecular flexibility index (Phi) is 4.24. The van der Waals surface area contributed by atoms with Gasteiger partial charge in [-0.3, -0.25) is 0 Å². The van der Waals surface area contributed by atoms with E-state index in [1.165, 1.54) is 18.5 Å². The number of aromatic carboxylic acids is 1. The Morgan fingerprint density at radius 1 is 1.35 bits per heavy atom. The molecule has 104 valence electrons. The van der Waals surface area contributed by atoms with Gasteiger partial charge in [0, 0.05) is 11.8 Å². The number of nitrogens with zero attached hydrogens (tertiary/aromatic N) is 2. The lowest BCUT2D eigenvalue weighted by Gasteiger charge is -2.08. The number of aryl methyl sites for hydroxylation is 1. The van der Waals surface area contributed by atoms with Crippen molar-refractivity contribution >= 4 is 17.5 Å². The smallest absolute Gasteiger partial charge is 0.335 e. The molecule has 0 atom stereocenters. The largest absolute Gasteiger partial charge is 0.478 e. The Morgan fingerprint density at radius 2 is 2.15 bits per heavy atom. The van der Waals surface area contributed by atoms with Gasteiger partial charge < -0.3 is 10.4 Å². The molecule has 2 aromatic rings. The molecule has 6 heteroatoms. The van der Waals surface area contributed by atoms with Crippen LogP contribution in [0.15, 0.2) is 30.6 Å². The first-order chi connectivity index (χ1) is 9.60. The Labute approximate surface area is 115 Å². The first kappa shape index (κ1) is 13.9. The normalized spacial score (nSPS) is 10.3. The minimum absolute atomic E-state index is 0.0950. The van der Waals surface area contributed by atoms with Gasteiger partial charge in [0.2, 0.25) is 0 Å². The fourth-order valence-corrected chi connectivity index (χ4v) is 1.75. The predicted molar refractivity (Wildman–Crippen MR) is 72.7 cm³/mol. The summed E-state index contributed by atoms with van der Waals surface area (Å²) in [6.07, 6.45) is 3.19. The van der Waals surface area contributed by atoms with Crippen molar-refractivity contribution in [3.05, 3.63) is 47.7 Å². The second-order valence-electron chi connectivity index (χ2n) is 4.27. The number of halogens is 1. The van der Waals surface area contributed by atoms with E-state index in [1.54, 1.807) is 6.07 Å². The summed E-state index contributed by atoms with van der Waals surface area (Å²) in [7, 11) is 0. The highest BCUT2D eigenvalue weighted by Crippen LogP contribution is 2.20. The van der Waals surface area contributed by atoms with E-state index in [1.807, 2.05) is 6.92 Å². The Bertz CT molecular complexity index is 632. The third kappa shape index (κ3) is 3.28. The minimum Gasteiger partial charge on any atom is -0.478 e. The van der Waals surface area contributed by atoms with Crippen molar-refractivity contribution in [2.75, 3.05) is 5.32 Å². The average Bonchev–Trinajstić information content (AvgIpc) is 2.42. The lowest BCUT2D eigenvalue weighted by Crippen LogP contribution is -2.02. The van der Waals surface area contributed by atoms with Crippen LogP contribution in [0.25, 0.3) is 0 Å². The fourth-order valence-electron chi connectivity index (χ4n) is 1.75. The van der Waals surface area contributed by atoms with Gasteiger partial charge in [-0.15, -0.1) is 0 Å². The number of carboxylic acids is 1. The van der Waals surface area contributed by atoms with Crippen molar-refractivity contribution in [1.29, 1.82) is 0 Å². The number of hydrogen-bond donors (Lipinski definition) is 2. The molecule has 5 nitrogen and oxygen atoms in total. The number of nitrogens with one attached hydrogen (secondary N) is 1. The quantitative estimate of drug-likeness (QED) is 0.877. The van der Waals surface area contributed by atoms with Gasteiger partial charge in [-0.05, 0) is 24.6 Å². The molecule has 0 bridgehead atoms. The lowest BCUT2D eigenvalue weighted by molar-refractivity contribution is 0.0696. The van der Waals surface area contributed by atoms with Crippen LogP contribution in [0, 0.1) is 5.82 Å². The standard InChI is InChI=1S/C14H14FN3O2/c1-2-3-10-7-13(17-8-16-10)18-12-5-4-9(14(19)20)6-11(12)15/h4-8H,2-3H2,1H3,(H,19,20)(H,16,17,18). The number of carbonyl (C=O) groups is 1. The second kappa shape index (κ2) is 6.10. The van der Waals surface area contributed by atoms with Crippen LogP contribution in [0.3, 0.4) is 0 Å². The van der Waals surface area contributed by atoms with E-state index in [0.29, 0.717) is 5.82 Å². The third-order valence-corrected chi connectivity index (χ3v) is 2.71. The van der Waals surface area contributed by atoms with Crippen molar-refractivity contribution in [2.45, 2.75) is 19.8 Å². The molecule has 0 amide bonds. The molecule has 0 aliphatic carbocycles. The minimum atomic E-state index is -1.16. The van der Waals surface area contributed by atoms with E-state index >= 15 is 0 Å². The molecule has 0 aliphatic rings. The summed E-state index contributed by atoms with van der Waals surface area (Å²) in [5, 5.41) is 11.6. The van der Waals surface area contributed by atoms with Crippen molar-refractivity contribution in [1.82, 2.24) is 9.97 Å². The van der Waals surface area contributed by atoms with Gasteiger partial charge >= 0.3 is 5.97 Å². The zero-order chi connectivity index (χ0) is 14.5. The van der Waals surface area contributed by atoms with Gasteiger partial charge in [0.05, 0.1) is 11.3 Å². The maximum Gasteiger partial charge on any atom is 0.335 e. The van der Waals surface area contributed by atoms with Crippen molar-refractivity contribution in [3.8, 4) is 0 Å². The van der Waals surface area contributed by atoms with Crippen LogP contribution in [0.4, 0.5) is 15.9 Å². The van der Waals surface area contributed by atoms with E-state index in [2.05, 4.69) is 15.3 Å². The Hall–Kier alpha value is -2.50. The van der Waals surface area contributed by atoms with Gasteiger partial charge in [-0.2, -0.15) is 0 Å². The van der Waals surface area contributed by atoms with Crippen LogP contribution in [0.2, 0.25) is 0 Å². The molecular weight excluding hydrogens is 261 g/mol. The third-order valence-electron chi connectivity index (χ3n) is 2.71. The molecule has 1 heterocycles. The molecule has 0 aliphatic heterocycles. The van der Waals surface area contributed by atoms with Crippen molar-refractivity contribution in [2.24, 2.45) is 0 Å². The molecule has 2 rings (SSSR count). The highest BCUT2D eigenvalue weighted by Gasteiger charge is 2.09. The van der Waals surface area contributed by atoms with Crippen molar-refractivity contribution < 1.29 is 14.3 Å².